The Labute approximate surface area is 166 Å². The number of aromatic nitrogens is 1. The minimum absolute atomic E-state index is 0.0341. The summed E-state index contributed by atoms with van der Waals surface area (Å²) in [7, 11) is 3.12. The topological polar surface area (TPSA) is 116 Å². The van der Waals surface area contributed by atoms with Crippen molar-refractivity contribution in [3.05, 3.63) is 34.8 Å². The van der Waals surface area contributed by atoms with Crippen LogP contribution in [0.15, 0.2) is 23.6 Å². The van der Waals surface area contributed by atoms with Gasteiger partial charge in [-0.1, -0.05) is 6.07 Å². The van der Waals surface area contributed by atoms with Gasteiger partial charge in [0.1, 0.15) is 0 Å². The highest BCUT2D eigenvalue weighted by Gasteiger charge is 2.14. The molecule has 0 bridgehead atoms. The second kappa shape index (κ2) is 10.3. The zero-order chi connectivity index (χ0) is 20.5. The van der Waals surface area contributed by atoms with Gasteiger partial charge >= 0.3 is 5.97 Å². The lowest BCUT2D eigenvalue weighted by Gasteiger charge is -2.10. The highest BCUT2D eigenvalue weighted by molar-refractivity contribution is 7.14. The van der Waals surface area contributed by atoms with E-state index in [1.807, 2.05) is 12.1 Å². The van der Waals surface area contributed by atoms with E-state index in [1.165, 1.54) is 12.3 Å². The number of rotatable bonds is 9. The van der Waals surface area contributed by atoms with Crippen LogP contribution in [-0.2, 0) is 20.7 Å². The predicted molar refractivity (Wildman–Crippen MR) is 103 cm³/mol. The molecule has 0 spiro atoms. The summed E-state index contributed by atoms with van der Waals surface area (Å²) in [4.78, 5) is 38.6. The summed E-state index contributed by atoms with van der Waals surface area (Å²) in [6.07, 6.45) is 0.576. The van der Waals surface area contributed by atoms with Crippen molar-refractivity contribution >= 4 is 34.3 Å². The van der Waals surface area contributed by atoms with Crippen molar-refractivity contribution in [1.82, 2.24) is 10.3 Å². The molecule has 0 aliphatic carbocycles. The lowest BCUT2D eigenvalue weighted by atomic mass is 10.1. The van der Waals surface area contributed by atoms with Gasteiger partial charge in [-0.25, -0.2) is 9.78 Å². The fourth-order valence-corrected chi connectivity index (χ4v) is 2.94. The number of nitrogens with one attached hydrogen (secondary N) is 2. The smallest absolute Gasteiger partial charge is 0.358 e. The largest absolute Gasteiger partial charge is 0.493 e. The first kappa shape index (κ1) is 21.2. The number of benzene rings is 1. The Kier molecular flexibility index (Phi) is 7.76. The first-order valence-electron chi connectivity index (χ1n) is 8.30. The molecule has 28 heavy (non-hydrogen) atoms. The Morgan fingerprint density at radius 2 is 1.89 bits per heavy atom. The lowest BCUT2D eigenvalue weighted by molar-refractivity contribution is -0.124. The van der Waals surface area contributed by atoms with Crippen molar-refractivity contribution in [3.8, 4) is 11.5 Å². The van der Waals surface area contributed by atoms with E-state index in [0.29, 0.717) is 29.6 Å². The molecule has 0 aliphatic heterocycles. The van der Waals surface area contributed by atoms with Crippen LogP contribution in [0.4, 0.5) is 5.13 Å². The predicted octanol–water partition coefficient (Wildman–Crippen LogP) is 1.63. The SMILES string of the molecule is COc1ccc(CCNC(=O)COC(=O)c2csc(NC(C)=O)n2)cc1OC. The standard InChI is InChI=1S/C18H21N3O6S/c1-11(22)20-18-21-13(10-28-18)17(24)27-9-16(23)19-7-6-12-4-5-14(25-2)15(8-12)26-3/h4-5,8,10H,6-7,9H2,1-3H3,(H,19,23)(H,20,21,22). The molecule has 9 nitrogen and oxygen atoms in total. The molecule has 0 saturated carbocycles. The van der Waals surface area contributed by atoms with Gasteiger partial charge in [0.25, 0.3) is 5.91 Å². The van der Waals surface area contributed by atoms with Crippen LogP contribution in [0.2, 0.25) is 0 Å². The summed E-state index contributed by atoms with van der Waals surface area (Å²) in [5.74, 6) is -0.204. The molecule has 150 valence electrons. The monoisotopic (exact) mass is 407 g/mol. The number of carbonyl (C=O) groups excluding carboxylic acids is 3. The third kappa shape index (κ3) is 6.23. The molecule has 1 aromatic carbocycles. The Morgan fingerprint density at radius 1 is 1.14 bits per heavy atom. The van der Waals surface area contributed by atoms with Gasteiger partial charge in [0.05, 0.1) is 14.2 Å². The third-order valence-electron chi connectivity index (χ3n) is 3.51. The van der Waals surface area contributed by atoms with E-state index in [2.05, 4.69) is 15.6 Å². The van der Waals surface area contributed by atoms with Crippen LogP contribution in [0.3, 0.4) is 0 Å². The third-order valence-corrected chi connectivity index (χ3v) is 4.27. The number of anilines is 1. The fraction of sp³-hybridized carbons (Fsp3) is 0.333. The molecule has 10 heteroatoms. The molecule has 0 unspecified atom stereocenters. The average molecular weight is 407 g/mol. The second-order valence-electron chi connectivity index (χ2n) is 5.58. The second-order valence-corrected chi connectivity index (χ2v) is 6.44. The van der Waals surface area contributed by atoms with E-state index >= 15 is 0 Å². The molecule has 1 heterocycles. The van der Waals surface area contributed by atoms with Crippen LogP contribution >= 0.6 is 11.3 Å². The number of hydrogen-bond donors (Lipinski definition) is 2. The molecular formula is C18H21N3O6S. The number of hydrogen-bond acceptors (Lipinski definition) is 8. The highest BCUT2D eigenvalue weighted by atomic mass is 32.1. The number of thiazole rings is 1. The van der Waals surface area contributed by atoms with E-state index in [4.69, 9.17) is 14.2 Å². The molecule has 0 radical (unpaired) electrons. The van der Waals surface area contributed by atoms with Crippen LogP contribution < -0.4 is 20.1 Å². The van der Waals surface area contributed by atoms with Crippen LogP contribution in [0, 0.1) is 0 Å². The van der Waals surface area contributed by atoms with Crippen molar-refractivity contribution in [1.29, 1.82) is 0 Å². The van der Waals surface area contributed by atoms with Crippen LogP contribution in [0.1, 0.15) is 23.0 Å². The van der Waals surface area contributed by atoms with Gasteiger partial charge < -0.3 is 24.8 Å². The van der Waals surface area contributed by atoms with Gasteiger partial charge in [0.2, 0.25) is 5.91 Å². The summed E-state index contributed by atoms with van der Waals surface area (Å²) < 4.78 is 15.3. The molecule has 0 aliphatic rings. The van der Waals surface area contributed by atoms with E-state index in [9.17, 15) is 14.4 Å². The minimum atomic E-state index is -0.733. The van der Waals surface area contributed by atoms with Crippen molar-refractivity contribution in [2.45, 2.75) is 13.3 Å². The number of amides is 2. The maximum absolute atomic E-state index is 11.9. The average Bonchev–Trinajstić information content (AvgIpc) is 3.13. The number of methoxy groups -OCH3 is 2. The van der Waals surface area contributed by atoms with Crippen molar-refractivity contribution in [2.24, 2.45) is 0 Å². The summed E-state index contributed by atoms with van der Waals surface area (Å²) >= 11 is 1.09. The zero-order valence-corrected chi connectivity index (χ0v) is 16.6. The summed E-state index contributed by atoms with van der Waals surface area (Å²) in [5, 5.41) is 6.88. The maximum atomic E-state index is 11.9. The number of esters is 1. The zero-order valence-electron chi connectivity index (χ0n) is 15.7. The van der Waals surface area contributed by atoms with Gasteiger partial charge in [-0.05, 0) is 24.1 Å². The first-order valence-corrected chi connectivity index (χ1v) is 9.18. The Morgan fingerprint density at radius 3 is 2.57 bits per heavy atom. The Bertz CT molecular complexity index is 852. The number of ether oxygens (including phenoxy) is 3. The number of nitrogens with zero attached hydrogens (tertiary/aromatic N) is 1. The van der Waals surface area contributed by atoms with E-state index in [1.54, 1.807) is 20.3 Å². The Hall–Kier alpha value is -3.14. The molecule has 0 fully saturated rings. The van der Waals surface area contributed by atoms with Crippen molar-refractivity contribution in [2.75, 3.05) is 32.7 Å². The molecule has 1 aromatic heterocycles. The molecule has 2 amide bonds. The molecule has 2 rings (SSSR count). The molecule has 0 saturated heterocycles. The van der Waals surface area contributed by atoms with Crippen molar-refractivity contribution < 1.29 is 28.6 Å². The molecule has 2 aromatic rings. The quantitative estimate of drug-likeness (QED) is 0.607. The van der Waals surface area contributed by atoms with Gasteiger partial charge in [0.15, 0.2) is 28.9 Å². The molecular weight excluding hydrogens is 386 g/mol. The summed E-state index contributed by atoms with van der Waals surface area (Å²) in [6.45, 7) is 1.29. The fourth-order valence-electron chi connectivity index (χ4n) is 2.21. The Balaban J connectivity index is 1.74. The van der Waals surface area contributed by atoms with Crippen LogP contribution in [-0.4, -0.2) is 50.1 Å². The summed E-state index contributed by atoms with van der Waals surface area (Å²) in [5.41, 5.74) is 0.995. The lowest BCUT2D eigenvalue weighted by Crippen LogP contribution is -2.30. The van der Waals surface area contributed by atoms with E-state index < -0.39 is 18.5 Å². The van der Waals surface area contributed by atoms with Crippen LogP contribution in [0.5, 0.6) is 11.5 Å². The number of carbonyl (C=O) groups is 3. The van der Waals surface area contributed by atoms with Crippen molar-refractivity contribution in [3.63, 3.8) is 0 Å². The first-order chi connectivity index (χ1) is 13.4. The van der Waals surface area contributed by atoms with E-state index in [-0.39, 0.29) is 11.6 Å². The molecule has 0 atom stereocenters. The van der Waals surface area contributed by atoms with Gasteiger partial charge in [0, 0.05) is 18.8 Å². The highest BCUT2D eigenvalue weighted by Crippen LogP contribution is 2.27. The van der Waals surface area contributed by atoms with Gasteiger partial charge in [-0.2, -0.15) is 0 Å². The summed E-state index contributed by atoms with van der Waals surface area (Å²) in [6, 6.07) is 5.50. The maximum Gasteiger partial charge on any atom is 0.358 e. The normalized spacial score (nSPS) is 10.1. The molecule has 2 N–H and O–H groups in total. The van der Waals surface area contributed by atoms with Gasteiger partial charge in [-0.3, -0.25) is 9.59 Å². The van der Waals surface area contributed by atoms with Crippen LogP contribution in [0.25, 0.3) is 0 Å². The van der Waals surface area contributed by atoms with E-state index in [0.717, 1.165) is 16.9 Å². The van der Waals surface area contributed by atoms with Gasteiger partial charge in [-0.15, -0.1) is 11.3 Å². The minimum Gasteiger partial charge on any atom is -0.493 e.